The fraction of sp³-hybridized carbons (Fsp3) is 0.400. The molecule has 4 nitrogen and oxygen atoms in total. The van der Waals surface area contributed by atoms with Crippen molar-refractivity contribution in [3.05, 3.63) is 24.0 Å². The van der Waals surface area contributed by atoms with Crippen molar-refractivity contribution in [3.8, 4) is 11.8 Å². The monoisotopic (exact) mass is 190 g/mol. The SMILES string of the molecule is N#Cc1cnccc1OCC1CCO1. The number of hydrogen-bond acceptors (Lipinski definition) is 4. The molecule has 1 unspecified atom stereocenters. The fourth-order valence-corrected chi connectivity index (χ4v) is 1.19. The standard InChI is InChI=1S/C10H10N2O2/c11-5-8-6-12-3-1-10(8)14-7-9-2-4-13-9/h1,3,6,9H,2,4,7H2. The van der Waals surface area contributed by atoms with Crippen molar-refractivity contribution in [2.75, 3.05) is 13.2 Å². The van der Waals surface area contributed by atoms with Gasteiger partial charge in [0.05, 0.1) is 6.10 Å². The number of hydrogen-bond donors (Lipinski definition) is 0. The molecule has 0 bridgehead atoms. The van der Waals surface area contributed by atoms with E-state index < -0.39 is 0 Å². The van der Waals surface area contributed by atoms with Crippen molar-refractivity contribution in [3.63, 3.8) is 0 Å². The van der Waals surface area contributed by atoms with Gasteiger partial charge in [-0.1, -0.05) is 0 Å². The van der Waals surface area contributed by atoms with Crippen molar-refractivity contribution in [1.29, 1.82) is 5.26 Å². The zero-order valence-corrected chi connectivity index (χ0v) is 7.64. The first-order valence-electron chi connectivity index (χ1n) is 4.48. The van der Waals surface area contributed by atoms with Crippen LogP contribution in [0.1, 0.15) is 12.0 Å². The smallest absolute Gasteiger partial charge is 0.140 e. The Morgan fingerprint density at radius 3 is 3.21 bits per heavy atom. The van der Waals surface area contributed by atoms with E-state index in [1.807, 2.05) is 6.07 Å². The molecule has 2 rings (SSSR count). The van der Waals surface area contributed by atoms with E-state index in [9.17, 15) is 0 Å². The molecular weight excluding hydrogens is 180 g/mol. The number of aromatic nitrogens is 1. The number of pyridine rings is 1. The van der Waals surface area contributed by atoms with E-state index in [0.29, 0.717) is 17.9 Å². The van der Waals surface area contributed by atoms with Gasteiger partial charge in [0.15, 0.2) is 0 Å². The number of nitrogens with zero attached hydrogens (tertiary/aromatic N) is 2. The molecule has 0 N–H and O–H groups in total. The van der Waals surface area contributed by atoms with Crippen molar-refractivity contribution in [2.24, 2.45) is 0 Å². The second-order valence-corrected chi connectivity index (χ2v) is 3.08. The van der Waals surface area contributed by atoms with Crippen LogP contribution in [0.2, 0.25) is 0 Å². The summed E-state index contributed by atoms with van der Waals surface area (Å²) in [5, 5.41) is 8.75. The van der Waals surface area contributed by atoms with Crippen LogP contribution in [0.25, 0.3) is 0 Å². The molecule has 1 atom stereocenters. The lowest BCUT2D eigenvalue weighted by molar-refractivity contribution is -0.0721. The highest BCUT2D eigenvalue weighted by molar-refractivity contribution is 5.40. The highest BCUT2D eigenvalue weighted by Gasteiger charge is 2.19. The minimum atomic E-state index is 0.190. The summed E-state index contributed by atoms with van der Waals surface area (Å²) in [6, 6.07) is 3.72. The minimum Gasteiger partial charge on any atom is -0.489 e. The summed E-state index contributed by atoms with van der Waals surface area (Å²) in [6.45, 7) is 1.33. The third-order valence-corrected chi connectivity index (χ3v) is 2.12. The zero-order valence-electron chi connectivity index (χ0n) is 7.64. The maximum absolute atomic E-state index is 8.75. The van der Waals surface area contributed by atoms with Crippen LogP contribution in [0.3, 0.4) is 0 Å². The molecule has 1 aromatic heterocycles. The van der Waals surface area contributed by atoms with E-state index in [1.54, 1.807) is 12.3 Å². The third kappa shape index (κ3) is 1.83. The summed E-state index contributed by atoms with van der Waals surface area (Å²) in [6.07, 6.45) is 4.33. The Labute approximate surface area is 82.1 Å². The van der Waals surface area contributed by atoms with Gasteiger partial charge in [0.25, 0.3) is 0 Å². The van der Waals surface area contributed by atoms with Gasteiger partial charge in [-0.2, -0.15) is 5.26 Å². The van der Waals surface area contributed by atoms with Crippen LogP contribution in [0.15, 0.2) is 18.5 Å². The molecule has 2 heterocycles. The predicted octanol–water partition coefficient (Wildman–Crippen LogP) is 1.12. The van der Waals surface area contributed by atoms with E-state index in [2.05, 4.69) is 4.98 Å². The Bertz CT molecular complexity index is 355. The van der Waals surface area contributed by atoms with Gasteiger partial charge in [-0.3, -0.25) is 4.98 Å². The first-order chi connectivity index (χ1) is 6.90. The second-order valence-electron chi connectivity index (χ2n) is 3.08. The first kappa shape index (κ1) is 8.97. The summed E-state index contributed by atoms with van der Waals surface area (Å²) in [4.78, 5) is 3.84. The average molecular weight is 190 g/mol. The Hall–Kier alpha value is -1.60. The lowest BCUT2D eigenvalue weighted by Crippen LogP contribution is -2.32. The molecule has 0 saturated carbocycles. The van der Waals surface area contributed by atoms with Gasteiger partial charge in [-0.25, -0.2) is 0 Å². The molecule has 72 valence electrons. The van der Waals surface area contributed by atoms with Gasteiger partial charge < -0.3 is 9.47 Å². The largest absolute Gasteiger partial charge is 0.489 e. The summed E-state index contributed by atoms with van der Waals surface area (Å²) in [5.41, 5.74) is 0.465. The molecular formula is C10H10N2O2. The lowest BCUT2D eigenvalue weighted by Gasteiger charge is -2.26. The zero-order chi connectivity index (χ0) is 9.80. The molecule has 0 radical (unpaired) electrons. The third-order valence-electron chi connectivity index (χ3n) is 2.12. The highest BCUT2D eigenvalue weighted by atomic mass is 16.5. The Morgan fingerprint density at radius 1 is 1.71 bits per heavy atom. The maximum atomic E-state index is 8.75. The van der Waals surface area contributed by atoms with Crippen LogP contribution in [-0.4, -0.2) is 24.3 Å². The van der Waals surface area contributed by atoms with E-state index in [0.717, 1.165) is 13.0 Å². The minimum absolute atomic E-state index is 0.190. The molecule has 0 aromatic carbocycles. The van der Waals surface area contributed by atoms with Gasteiger partial charge in [-0.15, -0.1) is 0 Å². The van der Waals surface area contributed by atoms with Crippen molar-refractivity contribution < 1.29 is 9.47 Å². The molecule has 0 aliphatic carbocycles. The predicted molar refractivity (Wildman–Crippen MR) is 48.8 cm³/mol. The van der Waals surface area contributed by atoms with Gasteiger partial charge in [0.1, 0.15) is 24.0 Å². The lowest BCUT2D eigenvalue weighted by atomic mass is 10.2. The summed E-state index contributed by atoms with van der Waals surface area (Å²) in [5.74, 6) is 0.581. The molecule has 0 amide bonds. The van der Waals surface area contributed by atoms with Gasteiger partial charge in [0.2, 0.25) is 0 Å². The van der Waals surface area contributed by atoms with Crippen LogP contribution >= 0.6 is 0 Å². The normalized spacial score (nSPS) is 19.5. The van der Waals surface area contributed by atoms with Crippen LogP contribution in [-0.2, 0) is 4.74 Å². The second kappa shape index (κ2) is 4.07. The summed E-state index contributed by atoms with van der Waals surface area (Å²) >= 11 is 0. The number of nitriles is 1. The molecule has 1 aromatic rings. The van der Waals surface area contributed by atoms with Crippen LogP contribution in [0.4, 0.5) is 0 Å². The number of ether oxygens (including phenoxy) is 2. The van der Waals surface area contributed by atoms with E-state index in [1.165, 1.54) is 6.20 Å². The molecule has 0 spiro atoms. The van der Waals surface area contributed by atoms with Gasteiger partial charge in [0, 0.05) is 25.4 Å². The molecule has 4 heteroatoms. The van der Waals surface area contributed by atoms with Crippen LogP contribution in [0.5, 0.6) is 5.75 Å². The fourth-order valence-electron chi connectivity index (χ4n) is 1.19. The summed E-state index contributed by atoms with van der Waals surface area (Å²) < 4.78 is 10.6. The van der Waals surface area contributed by atoms with E-state index >= 15 is 0 Å². The maximum Gasteiger partial charge on any atom is 0.140 e. The van der Waals surface area contributed by atoms with Gasteiger partial charge >= 0.3 is 0 Å². The van der Waals surface area contributed by atoms with Crippen molar-refractivity contribution in [2.45, 2.75) is 12.5 Å². The number of rotatable bonds is 3. The molecule has 1 saturated heterocycles. The Balaban J connectivity index is 1.97. The van der Waals surface area contributed by atoms with E-state index in [4.69, 9.17) is 14.7 Å². The Kier molecular flexibility index (Phi) is 2.61. The first-order valence-corrected chi connectivity index (χ1v) is 4.48. The molecule has 1 fully saturated rings. The topological polar surface area (TPSA) is 55.1 Å². The van der Waals surface area contributed by atoms with Crippen molar-refractivity contribution >= 4 is 0 Å². The average Bonchev–Trinajstić information content (AvgIpc) is 2.16. The molecule has 14 heavy (non-hydrogen) atoms. The van der Waals surface area contributed by atoms with E-state index in [-0.39, 0.29) is 6.10 Å². The summed E-state index contributed by atoms with van der Waals surface area (Å²) in [7, 11) is 0. The van der Waals surface area contributed by atoms with Crippen LogP contribution in [0, 0.1) is 11.3 Å². The Morgan fingerprint density at radius 2 is 2.57 bits per heavy atom. The highest BCUT2D eigenvalue weighted by Crippen LogP contribution is 2.18. The van der Waals surface area contributed by atoms with Crippen molar-refractivity contribution in [1.82, 2.24) is 4.98 Å². The quantitative estimate of drug-likeness (QED) is 0.716. The molecule has 1 aliphatic heterocycles. The molecule has 1 aliphatic rings. The van der Waals surface area contributed by atoms with Gasteiger partial charge in [-0.05, 0) is 6.07 Å². The van der Waals surface area contributed by atoms with Crippen LogP contribution < -0.4 is 4.74 Å².